The van der Waals surface area contributed by atoms with Gasteiger partial charge in [0.25, 0.3) is 0 Å². The highest BCUT2D eigenvalue weighted by molar-refractivity contribution is 4.85. The maximum atomic E-state index is 12.2. The molecule has 1 heterocycles. The van der Waals surface area contributed by atoms with Gasteiger partial charge >= 0.3 is 6.18 Å². The van der Waals surface area contributed by atoms with Crippen LogP contribution in [0.1, 0.15) is 19.3 Å². The SMILES string of the molecule is CN1CCCN(C)C(C(N)CCC(F)(F)F)C1. The minimum absolute atomic E-state index is 0.00630. The van der Waals surface area contributed by atoms with Crippen molar-refractivity contribution in [3.8, 4) is 0 Å². The van der Waals surface area contributed by atoms with Gasteiger partial charge in [-0.2, -0.15) is 13.2 Å². The van der Waals surface area contributed by atoms with Crippen molar-refractivity contribution >= 4 is 0 Å². The van der Waals surface area contributed by atoms with E-state index in [2.05, 4.69) is 9.80 Å². The van der Waals surface area contributed by atoms with Crippen molar-refractivity contribution in [2.75, 3.05) is 33.7 Å². The molecule has 0 saturated carbocycles. The molecule has 1 aliphatic heterocycles. The number of halogens is 3. The Hall–Kier alpha value is -0.330. The van der Waals surface area contributed by atoms with Gasteiger partial charge in [0.1, 0.15) is 0 Å². The zero-order chi connectivity index (χ0) is 13.1. The number of likely N-dealkylation sites (N-methyl/N-ethyl adjacent to an activating group) is 2. The van der Waals surface area contributed by atoms with Crippen molar-refractivity contribution in [1.29, 1.82) is 0 Å². The van der Waals surface area contributed by atoms with E-state index in [4.69, 9.17) is 5.73 Å². The third kappa shape index (κ3) is 5.23. The first-order valence-corrected chi connectivity index (χ1v) is 6.00. The van der Waals surface area contributed by atoms with Gasteiger partial charge in [0.2, 0.25) is 0 Å². The molecular formula is C11H22F3N3. The molecule has 2 atom stereocenters. The monoisotopic (exact) mass is 253 g/mol. The van der Waals surface area contributed by atoms with Crippen molar-refractivity contribution in [2.24, 2.45) is 5.73 Å². The van der Waals surface area contributed by atoms with Crippen LogP contribution in [-0.2, 0) is 0 Å². The Bertz CT molecular complexity index is 232. The fourth-order valence-electron chi connectivity index (χ4n) is 2.29. The lowest BCUT2D eigenvalue weighted by molar-refractivity contribution is -0.137. The summed E-state index contributed by atoms with van der Waals surface area (Å²) in [5, 5.41) is 0. The van der Waals surface area contributed by atoms with E-state index in [1.807, 2.05) is 14.1 Å². The number of hydrogen-bond donors (Lipinski definition) is 1. The molecule has 3 nitrogen and oxygen atoms in total. The van der Waals surface area contributed by atoms with Gasteiger partial charge in [0.15, 0.2) is 0 Å². The van der Waals surface area contributed by atoms with Gasteiger partial charge in [0.05, 0.1) is 0 Å². The van der Waals surface area contributed by atoms with Crippen LogP contribution in [0.4, 0.5) is 13.2 Å². The molecule has 0 aromatic rings. The third-order valence-electron chi connectivity index (χ3n) is 3.37. The average molecular weight is 253 g/mol. The molecule has 6 heteroatoms. The fourth-order valence-corrected chi connectivity index (χ4v) is 2.29. The van der Waals surface area contributed by atoms with E-state index >= 15 is 0 Å². The van der Waals surface area contributed by atoms with Gasteiger partial charge in [0, 0.05) is 25.0 Å². The number of rotatable bonds is 3. The normalized spacial score (nSPS) is 26.8. The maximum Gasteiger partial charge on any atom is 0.389 e. The van der Waals surface area contributed by atoms with E-state index in [-0.39, 0.29) is 12.5 Å². The molecule has 2 unspecified atom stereocenters. The lowest BCUT2D eigenvalue weighted by Gasteiger charge is -2.32. The zero-order valence-electron chi connectivity index (χ0n) is 10.5. The third-order valence-corrected chi connectivity index (χ3v) is 3.37. The maximum absolute atomic E-state index is 12.2. The topological polar surface area (TPSA) is 32.5 Å². The Morgan fingerprint density at radius 1 is 1.29 bits per heavy atom. The van der Waals surface area contributed by atoms with E-state index in [0.29, 0.717) is 0 Å². The molecule has 2 N–H and O–H groups in total. The summed E-state index contributed by atoms with van der Waals surface area (Å²) in [7, 11) is 3.93. The summed E-state index contributed by atoms with van der Waals surface area (Å²) < 4.78 is 36.5. The summed E-state index contributed by atoms with van der Waals surface area (Å²) in [6.07, 6.45) is -3.85. The highest BCUT2D eigenvalue weighted by Crippen LogP contribution is 2.23. The Kier molecular flexibility index (Phi) is 5.22. The molecule has 1 rings (SSSR count). The summed E-state index contributed by atoms with van der Waals surface area (Å²) >= 11 is 0. The van der Waals surface area contributed by atoms with Gasteiger partial charge in [-0.15, -0.1) is 0 Å². The Balaban J connectivity index is 2.50. The average Bonchev–Trinajstić information content (AvgIpc) is 2.36. The van der Waals surface area contributed by atoms with Gasteiger partial charge in [-0.25, -0.2) is 0 Å². The van der Waals surface area contributed by atoms with Crippen LogP contribution in [0.3, 0.4) is 0 Å². The van der Waals surface area contributed by atoms with Crippen molar-refractivity contribution in [2.45, 2.75) is 37.5 Å². The molecule has 0 radical (unpaired) electrons. The molecule has 0 aromatic heterocycles. The smallest absolute Gasteiger partial charge is 0.326 e. The molecule has 0 aliphatic carbocycles. The van der Waals surface area contributed by atoms with Gasteiger partial charge in [-0.3, -0.25) is 0 Å². The highest BCUT2D eigenvalue weighted by Gasteiger charge is 2.31. The highest BCUT2D eigenvalue weighted by atomic mass is 19.4. The van der Waals surface area contributed by atoms with Crippen LogP contribution in [-0.4, -0.2) is 61.8 Å². The molecule has 1 aliphatic rings. The number of hydrogen-bond acceptors (Lipinski definition) is 3. The second-order valence-corrected chi connectivity index (χ2v) is 4.98. The first-order chi connectivity index (χ1) is 7.79. The summed E-state index contributed by atoms with van der Waals surface area (Å²) in [6, 6.07) is -0.396. The molecule has 0 spiro atoms. The second kappa shape index (κ2) is 6.02. The molecule has 102 valence electrons. The van der Waals surface area contributed by atoms with Crippen molar-refractivity contribution < 1.29 is 13.2 Å². The summed E-state index contributed by atoms with van der Waals surface area (Å²) in [4.78, 5) is 4.23. The molecule has 0 bridgehead atoms. The number of nitrogens with two attached hydrogens (primary N) is 1. The fraction of sp³-hybridized carbons (Fsp3) is 1.00. The molecule has 1 fully saturated rings. The first kappa shape index (κ1) is 14.7. The number of nitrogens with zero attached hydrogens (tertiary/aromatic N) is 2. The molecule has 1 saturated heterocycles. The summed E-state index contributed by atoms with van der Waals surface area (Å²) in [5.41, 5.74) is 5.91. The van der Waals surface area contributed by atoms with E-state index in [1.54, 1.807) is 0 Å². The largest absolute Gasteiger partial charge is 0.389 e. The van der Waals surface area contributed by atoms with Crippen molar-refractivity contribution in [3.05, 3.63) is 0 Å². The standard InChI is InChI=1S/C11H22F3N3/c1-16-6-3-7-17(2)10(8-16)9(15)4-5-11(12,13)14/h9-10H,3-8,15H2,1-2H3. The molecule has 17 heavy (non-hydrogen) atoms. The quantitative estimate of drug-likeness (QED) is 0.822. The van der Waals surface area contributed by atoms with Crippen LogP contribution < -0.4 is 5.73 Å². The molecule has 0 amide bonds. The Morgan fingerprint density at radius 2 is 1.94 bits per heavy atom. The van der Waals surface area contributed by atoms with E-state index in [0.717, 1.165) is 26.1 Å². The van der Waals surface area contributed by atoms with E-state index in [1.165, 1.54) is 0 Å². The van der Waals surface area contributed by atoms with E-state index < -0.39 is 18.6 Å². The van der Waals surface area contributed by atoms with Crippen LogP contribution in [0.2, 0.25) is 0 Å². The summed E-state index contributed by atoms with van der Waals surface area (Å²) in [6.45, 7) is 2.62. The Labute approximate surface area is 101 Å². The predicted octanol–water partition coefficient (Wildman–Crippen LogP) is 1.29. The second-order valence-electron chi connectivity index (χ2n) is 4.98. The van der Waals surface area contributed by atoms with Crippen LogP contribution in [0, 0.1) is 0 Å². The zero-order valence-corrected chi connectivity index (χ0v) is 10.5. The minimum atomic E-state index is -4.10. The van der Waals surface area contributed by atoms with Crippen molar-refractivity contribution in [1.82, 2.24) is 9.80 Å². The minimum Gasteiger partial charge on any atom is -0.326 e. The predicted molar refractivity (Wildman–Crippen MR) is 61.8 cm³/mol. The van der Waals surface area contributed by atoms with E-state index in [9.17, 15) is 13.2 Å². The Morgan fingerprint density at radius 3 is 2.53 bits per heavy atom. The van der Waals surface area contributed by atoms with Crippen molar-refractivity contribution in [3.63, 3.8) is 0 Å². The van der Waals surface area contributed by atoms with Crippen LogP contribution >= 0.6 is 0 Å². The number of alkyl halides is 3. The summed E-state index contributed by atoms with van der Waals surface area (Å²) in [5.74, 6) is 0. The van der Waals surface area contributed by atoms with Crippen LogP contribution in [0.5, 0.6) is 0 Å². The van der Waals surface area contributed by atoms with Gasteiger partial charge < -0.3 is 15.5 Å². The molecular weight excluding hydrogens is 231 g/mol. The lowest BCUT2D eigenvalue weighted by atomic mass is 10.0. The lowest BCUT2D eigenvalue weighted by Crippen LogP contribution is -2.50. The van der Waals surface area contributed by atoms with Gasteiger partial charge in [-0.1, -0.05) is 0 Å². The first-order valence-electron chi connectivity index (χ1n) is 6.00. The van der Waals surface area contributed by atoms with Gasteiger partial charge in [-0.05, 0) is 40.0 Å². The van der Waals surface area contributed by atoms with Crippen LogP contribution in [0.25, 0.3) is 0 Å². The van der Waals surface area contributed by atoms with Crippen LogP contribution in [0.15, 0.2) is 0 Å². The molecule has 0 aromatic carbocycles.